The van der Waals surface area contributed by atoms with E-state index in [4.69, 9.17) is 10.00 Å². The molecule has 1 atom stereocenters. The summed E-state index contributed by atoms with van der Waals surface area (Å²) in [7, 11) is 1.31. The molecule has 1 saturated heterocycles. The van der Waals surface area contributed by atoms with Crippen molar-refractivity contribution in [2.45, 2.75) is 12.5 Å². The van der Waals surface area contributed by atoms with E-state index in [9.17, 15) is 9.59 Å². The second-order valence-electron chi connectivity index (χ2n) is 5.67. The number of ether oxygens (including phenoxy) is 2. The highest BCUT2D eigenvalue weighted by atomic mass is 16.5. The Morgan fingerprint density at radius 1 is 1.19 bits per heavy atom. The Hall–Kier alpha value is -3.47. The molecule has 0 spiro atoms. The van der Waals surface area contributed by atoms with Gasteiger partial charge in [-0.3, -0.25) is 4.79 Å². The maximum Gasteiger partial charge on any atom is 0.337 e. The SMILES string of the molecule is COC(=O)c1ccc(C(=O)N2CCC(Oc3nccnc3C#N)C2)cc1. The molecule has 1 amide bonds. The van der Waals surface area contributed by atoms with E-state index in [-0.39, 0.29) is 23.6 Å². The minimum atomic E-state index is -0.448. The maximum absolute atomic E-state index is 12.6. The number of amides is 1. The van der Waals surface area contributed by atoms with Gasteiger partial charge in [-0.15, -0.1) is 0 Å². The molecule has 1 aromatic heterocycles. The number of nitriles is 1. The van der Waals surface area contributed by atoms with Gasteiger partial charge in [-0.25, -0.2) is 14.8 Å². The van der Waals surface area contributed by atoms with Gasteiger partial charge in [0, 0.05) is 30.9 Å². The summed E-state index contributed by atoms with van der Waals surface area (Å²) in [4.78, 5) is 33.6. The number of benzene rings is 1. The van der Waals surface area contributed by atoms with Crippen molar-refractivity contribution >= 4 is 11.9 Å². The molecule has 8 nitrogen and oxygen atoms in total. The summed E-state index contributed by atoms with van der Waals surface area (Å²) in [5.74, 6) is -0.417. The van der Waals surface area contributed by atoms with Crippen LogP contribution in [0.1, 0.15) is 32.8 Å². The minimum absolute atomic E-state index is 0.121. The number of hydrogen-bond acceptors (Lipinski definition) is 7. The molecule has 1 aliphatic rings. The first kappa shape index (κ1) is 17.4. The average Bonchev–Trinajstić information content (AvgIpc) is 3.16. The average molecular weight is 352 g/mol. The summed E-state index contributed by atoms with van der Waals surface area (Å²) in [6.45, 7) is 0.920. The topological polar surface area (TPSA) is 105 Å². The number of carbonyl (C=O) groups is 2. The van der Waals surface area contributed by atoms with Crippen LogP contribution in [0.2, 0.25) is 0 Å². The monoisotopic (exact) mass is 352 g/mol. The van der Waals surface area contributed by atoms with Crippen molar-refractivity contribution in [3.8, 4) is 11.9 Å². The Morgan fingerprint density at radius 2 is 1.88 bits per heavy atom. The van der Waals surface area contributed by atoms with Crippen molar-refractivity contribution in [3.63, 3.8) is 0 Å². The number of carbonyl (C=O) groups excluding carboxylic acids is 2. The van der Waals surface area contributed by atoms with Crippen LogP contribution in [0.4, 0.5) is 0 Å². The maximum atomic E-state index is 12.6. The molecule has 1 unspecified atom stereocenters. The molecule has 3 rings (SSSR count). The van der Waals surface area contributed by atoms with E-state index in [1.165, 1.54) is 19.5 Å². The molecule has 2 aromatic rings. The van der Waals surface area contributed by atoms with Crippen molar-refractivity contribution in [3.05, 3.63) is 53.5 Å². The quantitative estimate of drug-likeness (QED) is 0.766. The van der Waals surface area contributed by atoms with Crippen LogP contribution in [-0.4, -0.2) is 53.0 Å². The van der Waals surface area contributed by atoms with Crippen LogP contribution in [0.3, 0.4) is 0 Å². The highest BCUT2D eigenvalue weighted by Crippen LogP contribution is 2.20. The van der Waals surface area contributed by atoms with Crippen molar-refractivity contribution in [1.29, 1.82) is 5.26 Å². The first-order valence-corrected chi connectivity index (χ1v) is 7.97. The highest BCUT2D eigenvalue weighted by Gasteiger charge is 2.29. The third-order valence-electron chi connectivity index (χ3n) is 4.03. The normalized spacial score (nSPS) is 16.0. The second-order valence-corrected chi connectivity index (χ2v) is 5.67. The summed E-state index contributed by atoms with van der Waals surface area (Å²) < 4.78 is 10.4. The van der Waals surface area contributed by atoms with E-state index in [1.54, 1.807) is 29.2 Å². The molecule has 1 aliphatic heterocycles. The molecule has 0 radical (unpaired) electrons. The molecule has 0 saturated carbocycles. The summed E-state index contributed by atoms with van der Waals surface area (Å²) >= 11 is 0. The summed E-state index contributed by atoms with van der Waals surface area (Å²) in [5.41, 5.74) is 0.990. The molecule has 132 valence electrons. The lowest BCUT2D eigenvalue weighted by Gasteiger charge is -2.17. The van der Waals surface area contributed by atoms with Gasteiger partial charge in [0.05, 0.1) is 19.2 Å². The number of hydrogen-bond donors (Lipinski definition) is 0. The van der Waals surface area contributed by atoms with E-state index >= 15 is 0 Å². The van der Waals surface area contributed by atoms with Crippen LogP contribution in [0.5, 0.6) is 5.88 Å². The van der Waals surface area contributed by atoms with Gasteiger partial charge < -0.3 is 14.4 Å². The lowest BCUT2D eigenvalue weighted by Crippen LogP contribution is -2.31. The van der Waals surface area contributed by atoms with Crippen molar-refractivity contribution < 1.29 is 19.1 Å². The number of likely N-dealkylation sites (tertiary alicyclic amines) is 1. The molecule has 2 heterocycles. The Labute approximate surface area is 150 Å². The Morgan fingerprint density at radius 3 is 2.58 bits per heavy atom. The molecule has 0 bridgehead atoms. The third kappa shape index (κ3) is 3.62. The Kier molecular flexibility index (Phi) is 5.08. The van der Waals surface area contributed by atoms with Crippen LogP contribution >= 0.6 is 0 Å². The lowest BCUT2D eigenvalue weighted by atomic mass is 10.1. The fourth-order valence-electron chi connectivity index (χ4n) is 2.70. The van der Waals surface area contributed by atoms with E-state index in [0.29, 0.717) is 30.6 Å². The fraction of sp³-hybridized carbons (Fsp3) is 0.278. The fourth-order valence-corrected chi connectivity index (χ4v) is 2.70. The molecule has 0 N–H and O–H groups in total. The van der Waals surface area contributed by atoms with Crippen molar-refractivity contribution in [2.75, 3.05) is 20.2 Å². The zero-order chi connectivity index (χ0) is 18.5. The van der Waals surface area contributed by atoms with Gasteiger partial charge in [-0.1, -0.05) is 0 Å². The number of esters is 1. The van der Waals surface area contributed by atoms with Crippen LogP contribution in [0, 0.1) is 11.3 Å². The standard InChI is InChI=1S/C18H16N4O4/c1-25-18(24)13-4-2-12(3-5-13)17(23)22-9-6-14(11-22)26-16-15(10-19)20-7-8-21-16/h2-5,7-8,14H,6,9,11H2,1H3. The van der Waals surface area contributed by atoms with Crippen LogP contribution in [0.15, 0.2) is 36.7 Å². The first-order chi connectivity index (χ1) is 12.6. The number of rotatable bonds is 4. The predicted molar refractivity (Wildman–Crippen MR) is 89.5 cm³/mol. The smallest absolute Gasteiger partial charge is 0.337 e. The van der Waals surface area contributed by atoms with Gasteiger partial charge in [-0.2, -0.15) is 5.26 Å². The third-order valence-corrected chi connectivity index (χ3v) is 4.03. The zero-order valence-corrected chi connectivity index (χ0v) is 14.1. The molecule has 26 heavy (non-hydrogen) atoms. The summed E-state index contributed by atoms with van der Waals surface area (Å²) in [6.07, 6.45) is 3.26. The van der Waals surface area contributed by atoms with Crippen LogP contribution in [-0.2, 0) is 4.74 Å². The number of nitrogens with zero attached hydrogens (tertiary/aromatic N) is 4. The highest BCUT2D eigenvalue weighted by molar-refractivity contribution is 5.96. The van der Waals surface area contributed by atoms with E-state index in [2.05, 4.69) is 14.7 Å². The van der Waals surface area contributed by atoms with E-state index < -0.39 is 5.97 Å². The molecule has 1 aromatic carbocycles. The summed E-state index contributed by atoms with van der Waals surface area (Å²) in [5, 5.41) is 9.03. The number of methoxy groups -OCH3 is 1. The zero-order valence-electron chi connectivity index (χ0n) is 14.1. The van der Waals surface area contributed by atoms with Crippen molar-refractivity contribution in [1.82, 2.24) is 14.9 Å². The molecule has 8 heteroatoms. The Balaban J connectivity index is 1.64. The molecule has 0 aliphatic carbocycles. The van der Waals surface area contributed by atoms with Gasteiger partial charge >= 0.3 is 5.97 Å². The summed E-state index contributed by atoms with van der Waals surface area (Å²) in [6, 6.07) is 8.24. The lowest BCUT2D eigenvalue weighted by molar-refractivity contribution is 0.0600. The van der Waals surface area contributed by atoms with E-state index in [1.807, 2.05) is 6.07 Å². The first-order valence-electron chi connectivity index (χ1n) is 7.97. The molecular weight excluding hydrogens is 336 g/mol. The Bertz CT molecular complexity index is 860. The number of aromatic nitrogens is 2. The van der Waals surface area contributed by atoms with Crippen molar-refractivity contribution in [2.24, 2.45) is 0 Å². The predicted octanol–water partition coefficient (Wildman–Crippen LogP) is 1.43. The van der Waals surface area contributed by atoms with Crippen LogP contribution < -0.4 is 4.74 Å². The van der Waals surface area contributed by atoms with Gasteiger partial charge in [0.2, 0.25) is 5.69 Å². The molecule has 1 fully saturated rings. The van der Waals surface area contributed by atoms with E-state index in [0.717, 1.165) is 0 Å². The minimum Gasteiger partial charge on any atom is -0.470 e. The van der Waals surface area contributed by atoms with Crippen LogP contribution in [0.25, 0.3) is 0 Å². The molecular formula is C18H16N4O4. The second kappa shape index (κ2) is 7.61. The van der Waals surface area contributed by atoms with Gasteiger partial charge in [-0.05, 0) is 24.3 Å². The largest absolute Gasteiger partial charge is 0.470 e. The van der Waals surface area contributed by atoms with Gasteiger partial charge in [0.15, 0.2) is 0 Å². The van der Waals surface area contributed by atoms with Gasteiger partial charge in [0.25, 0.3) is 11.8 Å². The van der Waals surface area contributed by atoms with Gasteiger partial charge in [0.1, 0.15) is 12.2 Å².